The highest BCUT2D eigenvalue weighted by Gasteiger charge is 2.60. The normalized spacial score (nSPS) is 44.0. The van der Waals surface area contributed by atoms with Crippen molar-refractivity contribution in [3.63, 3.8) is 0 Å². The first-order chi connectivity index (χ1) is 9.77. The zero-order chi connectivity index (χ0) is 14.9. The smallest absolute Gasteiger partial charge is 0.222 e. The topological polar surface area (TPSA) is 63.8 Å². The van der Waals surface area contributed by atoms with Gasteiger partial charge in [0.05, 0.1) is 0 Å². The molecule has 4 fully saturated rings. The highest BCUT2D eigenvalue weighted by Crippen LogP contribution is 2.66. The van der Waals surface area contributed by atoms with Gasteiger partial charge in [0.15, 0.2) is 0 Å². The molecule has 0 aliphatic heterocycles. The number of nitrogens with two attached hydrogens (primary N) is 1. The third-order valence-corrected chi connectivity index (χ3v) is 5.89. The molecule has 114 valence electrons. The van der Waals surface area contributed by atoms with E-state index in [9.17, 15) is 0 Å². The molecular weight excluding hydrogens is 260 g/mol. The van der Waals surface area contributed by atoms with E-state index in [1.54, 1.807) is 0 Å². The quantitative estimate of drug-likeness (QED) is 0.873. The molecule has 21 heavy (non-hydrogen) atoms. The molecule has 0 radical (unpaired) electrons. The summed E-state index contributed by atoms with van der Waals surface area (Å²) >= 11 is 0. The fourth-order valence-electron chi connectivity index (χ4n) is 6.51. The maximum Gasteiger partial charge on any atom is 0.222 e. The highest BCUT2D eigenvalue weighted by molar-refractivity contribution is 5.44. The predicted octanol–water partition coefficient (Wildman–Crippen LogP) is 3.53. The lowest BCUT2D eigenvalue weighted by atomic mass is 9.43. The van der Waals surface area contributed by atoms with E-state index in [4.69, 9.17) is 5.73 Å². The molecule has 0 amide bonds. The second-order valence-electron chi connectivity index (χ2n) is 8.79. The number of nitrogens with one attached hydrogen (secondary N) is 1. The molecule has 4 heteroatoms. The van der Waals surface area contributed by atoms with Crippen LogP contribution in [0.25, 0.3) is 0 Å². The van der Waals surface area contributed by atoms with Crippen molar-refractivity contribution >= 4 is 11.8 Å². The van der Waals surface area contributed by atoms with Crippen molar-refractivity contribution in [2.24, 2.45) is 16.7 Å². The molecular formula is C17H26N4. The van der Waals surface area contributed by atoms with Gasteiger partial charge >= 0.3 is 0 Å². The Morgan fingerprint density at radius 1 is 1.10 bits per heavy atom. The summed E-state index contributed by atoms with van der Waals surface area (Å²) in [5.41, 5.74) is 7.99. The maximum atomic E-state index is 5.82. The average Bonchev–Trinajstić information content (AvgIpc) is 2.19. The first kappa shape index (κ1) is 13.4. The van der Waals surface area contributed by atoms with Gasteiger partial charge in [0, 0.05) is 17.3 Å². The molecule has 4 aliphatic rings. The molecule has 4 saturated carbocycles. The monoisotopic (exact) mass is 286 g/mol. The summed E-state index contributed by atoms with van der Waals surface area (Å²) in [6.07, 6.45) is 8.06. The molecule has 4 nitrogen and oxygen atoms in total. The number of nitrogen functional groups attached to an aromatic ring is 1. The van der Waals surface area contributed by atoms with E-state index in [-0.39, 0.29) is 5.54 Å². The fraction of sp³-hybridized carbons (Fsp3) is 0.765. The zero-order valence-corrected chi connectivity index (χ0v) is 13.4. The Morgan fingerprint density at radius 3 is 2.33 bits per heavy atom. The summed E-state index contributed by atoms with van der Waals surface area (Å²) in [6, 6.07) is 2.03. The van der Waals surface area contributed by atoms with Crippen molar-refractivity contribution in [2.45, 2.75) is 64.8 Å². The Balaban J connectivity index is 1.68. The molecule has 1 aromatic heterocycles. The number of nitrogens with zero attached hydrogens (tertiary/aromatic N) is 2. The molecule has 1 aromatic rings. The van der Waals surface area contributed by atoms with Gasteiger partial charge in [-0.1, -0.05) is 13.8 Å². The molecule has 3 N–H and O–H groups in total. The molecule has 4 bridgehead atoms. The first-order valence-corrected chi connectivity index (χ1v) is 8.17. The number of hydrogen-bond donors (Lipinski definition) is 2. The second kappa shape index (κ2) is 3.90. The Morgan fingerprint density at radius 2 is 1.76 bits per heavy atom. The number of rotatable bonds is 2. The van der Waals surface area contributed by atoms with E-state index in [0.717, 1.165) is 17.4 Å². The van der Waals surface area contributed by atoms with Crippen LogP contribution in [0.2, 0.25) is 0 Å². The van der Waals surface area contributed by atoms with Gasteiger partial charge in [0.1, 0.15) is 5.82 Å². The van der Waals surface area contributed by atoms with Crippen LogP contribution in [0.3, 0.4) is 0 Å². The standard InChI is InChI=1S/C17H26N4/c1-11-4-13(20-14(18)19-11)21-17-7-12-5-15(2,9-17)8-16(3,6-12)10-17/h4,12H,5-10H2,1-3H3,(H3,18,19,20,21). The van der Waals surface area contributed by atoms with Crippen LogP contribution in [0, 0.1) is 23.7 Å². The van der Waals surface area contributed by atoms with E-state index in [2.05, 4.69) is 29.1 Å². The van der Waals surface area contributed by atoms with Gasteiger partial charge < -0.3 is 11.1 Å². The van der Waals surface area contributed by atoms with Gasteiger partial charge in [-0.3, -0.25) is 0 Å². The Bertz CT molecular complexity index is 558. The lowest BCUT2D eigenvalue weighted by Crippen LogP contribution is -2.61. The molecule has 2 atom stereocenters. The molecule has 0 aromatic carbocycles. The minimum Gasteiger partial charge on any atom is -0.368 e. The van der Waals surface area contributed by atoms with Crippen LogP contribution in [0.5, 0.6) is 0 Å². The average molecular weight is 286 g/mol. The van der Waals surface area contributed by atoms with Crippen LogP contribution < -0.4 is 11.1 Å². The summed E-state index contributed by atoms with van der Waals surface area (Å²) < 4.78 is 0. The summed E-state index contributed by atoms with van der Waals surface area (Å²) in [4.78, 5) is 8.59. The van der Waals surface area contributed by atoms with E-state index in [0.29, 0.717) is 16.8 Å². The SMILES string of the molecule is Cc1cc(NC23CC4CC(C)(CC(C)(C4)C2)C3)nc(N)n1. The summed E-state index contributed by atoms with van der Waals surface area (Å²) in [6.45, 7) is 6.96. The summed E-state index contributed by atoms with van der Waals surface area (Å²) in [5, 5.41) is 3.79. The third-order valence-electron chi connectivity index (χ3n) is 5.89. The highest BCUT2D eigenvalue weighted by atomic mass is 15.1. The molecule has 0 spiro atoms. The lowest BCUT2D eigenvalue weighted by Gasteiger charge is -2.65. The largest absolute Gasteiger partial charge is 0.368 e. The van der Waals surface area contributed by atoms with Gasteiger partial charge in [-0.15, -0.1) is 0 Å². The van der Waals surface area contributed by atoms with Crippen molar-refractivity contribution in [1.29, 1.82) is 0 Å². The molecule has 1 heterocycles. The van der Waals surface area contributed by atoms with E-state index >= 15 is 0 Å². The van der Waals surface area contributed by atoms with Crippen LogP contribution >= 0.6 is 0 Å². The van der Waals surface area contributed by atoms with Crippen LogP contribution in [0.4, 0.5) is 11.8 Å². The minimum absolute atomic E-state index is 0.218. The Hall–Kier alpha value is -1.32. The third kappa shape index (κ3) is 2.19. The molecule has 0 saturated heterocycles. The van der Waals surface area contributed by atoms with Crippen LogP contribution in [-0.4, -0.2) is 15.5 Å². The van der Waals surface area contributed by atoms with Gasteiger partial charge in [-0.2, -0.15) is 4.98 Å². The Labute approximate surface area is 126 Å². The number of aromatic nitrogens is 2. The van der Waals surface area contributed by atoms with Gasteiger partial charge in [0.2, 0.25) is 5.95 Å². The van der Waals surface area contributed by atoms with Crippen molar-refractivity contribution in [3.05, 3.63) is 11.8 Å². The summed E-state index contributed by atoms with van der Waals surface area (Å²) in [5.74, 6) is 2.16. The van der Waals surface area contributed by atoms with Crippen LogP contribution in [0.1, 0.15) is 58.1 Å². The van der Waals surface area contributed by atoms with E-state index < -0.39 is 0 Å². The fourth-order valence-corrected chi connectivity index (χ4v) is 6.51. The van der Waals surface area contributed by atoms with Gasteiger partial charge in [-0.25, -0.2) is 4.98 Å². The minimum atomic E-state index is 0.218. The number of anilines is 2. The van der Waals surface area contributed by atoms with Crippen molar-refractivity contribution in [1.82, 2.24) is 9.97 Å². The van der Waals surface area contributed by atoms with Crippen molar-refractivity contribution < 1.29 is 0 Å². The predicted molar refractivity (Wildman–Crippen MR) is 84.9 cm³/mol. The molecule has 5 rings (SSSR count). The summed E-state index contributed by atoms with van der Waals surface area (Å²) in [7, 11) is 0. The second-order valence-corrected chi connectivity index (χ2v) is 8.79. The number of aryl methyl sites for hydroxylation is 1. The van der Waals surface area contributed by atoms with Gasteiger partial charge in [-0.05, 0) is 62.2 Å². The Kier molecular flexibility index (Phi) is 2.48. The number of hydrogen-bond acceptors (Lipinski definition) is 4. The van der Waals surface area contributed by atoms with E-state index in [1.807, 2.05) is 13.0 Å². The van der Waals surface area contributed by atoms with Crippen molar-refractivity contribution in [3.8, 4) is 0 Å². The van der Waals surface area contributed by atoms with Crippen LogP contribution in [-0.2, 0) is 0 Å². The first-order valence-electron chi connectivity index (χ1n) is 8.17. The van der Waals surface area contributed by atoms with Crippen molar-refractivity contribution in [2.75, 3.05) is 11.1 Å². The van der Waals surface area contributed by atoms with Gasteiger partial charge in [0.25, 0.3) is 0 Å². The molecule has 2 unspecified atom stereocenters. The van der Waals surface area contributed by atoms with E-state index in [1.165, 1.54) is 38.5 Å². The zero-order valence-electron chi connectivity index (χ0n) is 13.4. The molecule has 4 aliphatic carbocycles. The lowest BCUT2D eigenvalue weighted by molar-refractivity contribution is -0.0973. The maximum absolute atomic E-state index is 5.82. The van der Waals surface area contributed by atoms with Crippen LogP contribution in [0.15, 0.2) is 6.07 Å².